The Bertz CT molecular complexity index is 1150. The van der Waals surface area contributed by atoms with E-state index >= 15 is 0 Å². The predicted octanol–water partition coefficient (Wildman–Crippen LogP) is 2.44. The lowest BCUT2D eigenvalue weighted by molar-refractivity contribution is 0.393. The molecule has 0 bridgehead atoms. The van der Waals surface area contributed by atoms with E-state index in [0.29, 0.717) is 34.4 Å². The van der Waals surface area contributed by atoms with E-state index < -0.39 is 0 Å². The average Bonchev–Trinajstić information content (AvgIpc) is 3.19. The van der Waals surface area contributed by atoms with Crippen molar-refractivity contribution in [2.45, 2.75) is 0 Å². The van der Waals surface area contributed by atoms with Crippen molar-refractivity contribution in [2.75, 3.05) is 20.0 Å². The van der Waals surface area contributed by atoms with E-state index in [9.17, 15) is 0 Å². The summed E-state index contributed by atoms with van der Waals surface area (Å²) in [6, 6.07) is 13.1. The number of hydrogen-bond donors (Lipinski definition) is 3. The minimum atomic E-state index is 0.212. The van der Waals surface area contributed by atoms with Crippen LogP contribution in [-0.4, -0.2) is 33.6 Å². The van der Waals surface area contributed by atoms with Crippen molar-refractivity contribution in [1.29, 1.82) is 5.41 Å². The first kappa shape index (κ1) is 16.8. The van der Waals surface area contributed by atoms with Crippen LogP contribution in [0.3, 0.4) is 0 Å². The van der Waals surface area contributed by atoms with Crippen LogP contribution in [0.25, 0.3) is 28.1 Å². The zero-order valence-electron chi connectivity index (χ0n) is 15.3. The molecule has 2 aromatic carbocycles. The summed E-state index contributed by atoms with van der Waals surface area (Å²) in [5.41, 5.74) is 9.50. The Hall–Kier alpha value is -3.68. The van der Waals surface area contributed by atoms with Crippen molar-refractivity contribution in [2.24, 2.45) is 7.05 Å². The second kappa shape index (κ2) is 6.24. The van der Waals surface area contributed by atoms with Crippen molar-refractivity contribution in [1.82, 2.24) is 19.3 Å². The summed E-state index contributed by atoms with van der Waals surface area (Å²) in [6.07, 6.45) is 0. The molecular formula is C19H20N6O2. The molecule has 2 aromatic heterocycles. The topological polar surface area (TPSA) is 107 Å². The maximum atomic E-state index is 8.73. The number of anilines is 1. The normalized spacial score (nSPS) is 11.1. The van der Waals surface area contributed by atoms with Crippen LogP contribution in [0, 0.1) is 5.41 Å². The molecule has 0 saturated heterocycles. The SMILES string of the molecule is COc1cc(OC)cc(-n2c(=N)c(-c3nc4ccccc4[nH]3)c(N)n2C)c1. The van der Waals surface area contributed by atoms with Crippen LogP contribution < -0.4 is 20.7 Å². The van der Waals surface area contributed by atoms with Gasteiger partial charge in [-0.1, -0.05) is 12.1 Å². The van der Waals surface area contributed by atoms with E-state index in [2.05, 4.69) is 9.97 Å². The third kappa shape index (κ3) is 2.62. The molecule has 0 amide bonds. The van der Waals surface area contributed by atoms with Gasteiger partial charge in [-0.3, -0.25) is 10.1 Å². The minimum absolute atomic E-state index is 0.212. The van der Waals surface area contributed by atoms with Crippen molar-refractivity contribution in [3.63, 3.8) is 0 Å². The number of aromatic amines is 1. The standard InChI is InChI=1S/C19H20N6O2/c1-24-17(20)16(19-22-14-6-4-5-7-15(14)23-19)18(21)25(24)11-8-12(26-2)10-13(9-11)27-3/h4-10,21H,20H2,1-3H3,(H,22,23). The molecule has 0 aliphatic carbocycles. The van der Waals surface area contributed by atoms with Gasteiger partial charge in [-0.2, -0.15) is 0 Å². The highest BCUT2D eigenvalue weighted by Gasteiger charge is 2.19. The molecule has 4 rings (SSSR count). The first-order valence-corrected chi connectivity index (χ1v) is 8.34. The lowest BCUT2D eigenvalue weighted by atomic mass is 10.2. The summed E-state index contributed by atoms with van der Waals surface area (Å²) in [5, 5.41) is 8.73. The number of nitrogens with zero attached hydrogens (tertiary/aromatic N) is 3. The molecule has 0 radical (unpaired) electrons. The zero-order chi connectivity index (χ0) is 19.1. The van der Waals surface area contributed by atoms with Crippen LogP contribution in [0.2, 0.25) is 0 Å². The van der Waals surface area contributed by atoms with Gasteiger partial charge in [0.15, 0.2) is 5.49 Å². The molecule has 4 N–H and O–H groups in total. The monoisotopic (exact) mass is 364 g/mol. The first-order valence-electron chi connectivity index (χ1n) is 8.34. The first-order chi connectivity index (χ1) is 13.0. The lowest BCUT2D eigenvalue weighted by Crippen LogP contribution is -2.20. The number of methoxy groups -OCH3 is 2. The van der Waals surface area contributed by atoms with Crippen molar-refractivity contribution < 1.29 is 9.47 Å². The highest BCUT2D eigenvalue weighted by atomic mass is 16.5. The van der Waals surface area contributed by atoms with Crippen LogP contribution in [-0.2, 0) is 7.05 Å². The number of nitrogens with two attached hydrogens (primary N) is 1. The van der Waals surface area contributed by atoms with Gasteiger partial charge in [0.2, 0.25) is 0 Å². The van der Waals surface area contributed by atoms with E-state index in [4.69, 9.17) is 20.6 Å². The van der Waals surface area contributed by atoms with Gasteiger partial charge in [-0.15, -0.1) is 0 Å². The maximum Gasteiger partial charge on any atom is 0.159 e. The molecular weight excluding hydrogens is 344 g/mol. The molecule has 0 aliphatic heterocycles. The average molecular weight is 364 g/mol. The number of nitrogen functional groups attached to an aromatic ring is 1. The number of benzene rings is 2. The van der Waals surface area contributed by atoms with Gasteiger partial charge in [0.1, 0.15) is 28.7 Å². The largest absolute Gasteiger partial charge is 0.497 e. The molecule has 138 valence electrons. The number of para-hydroxylation sites is 2. The third-order valence-electron chi connectivity index (χ3n) is 4.56. The number of rotatable bonds is 4. The van der Waals surface area contributed by atoms with Crippen LogP contribution in [0.15, 0.2) is 42.5 Å². The Morgan fingerprint density at radius 2 is 1.74 bits per heavy atom. The van der Waals surface area contributed by atoms with Crippen LogP contribution in [0.4, 0.5) is 5.82 Å². The Labute approximate surface area is 155 Å². The van der Waals surface area contributed by atoms with Gasteiger partial charge in [0.25, 0.3) is 0 Å². The van der Waals surface area contributed by atoms with E-state index in [0.717, 1.165) is 11.0 Å². The van der Waals surface area contributed by atoms with E-state index in [-0.39, 0.29) is 5.49 Å². The molecule has 0 spiro atoms. The fourth-order valence-corrected chi connectivity index (χ4v) is 3.17. The molecule has 2 heterocycles. The van der Waals surface area contributed by atoms with Crippen molar-refractivity contribution >= 4 is 16.9 Å². The summed E-state index contributed by atoms with van der Waals surface area (Å²) in [5.74, 6) is 2.24. The van der Waals surface area contributed by atoms with E-state index in [1.807, 2.05) is 36.4 Å². The highest BCUT2D eigenvalue weighted by molar-refractivity contribution is 5.81. The molecule has 4 aromatic rings. The summed E-state index contributed by atoms with van der Waals surface area (Å²) in [4.78, 5) is 7.83. The zero-order valence-corrected chi connectivity index (χ0v) is 15.3. The van der Waals surface area contributed by atoms with Gasteiger partial charge < -0.3 is 20.2 Å². The molecule has 0 fully saturated rings. The quantitative estimate of drug-likeness (QED) is 0.517. The molecule has 0 aliphatic rings. The van der Waals surface area contributed by atoms with E-state index in [1.165, 1.54) is 0 Å². The van der Waals surface area contributed by atoms with Gasteiger partial charge in [-0.05, 0) is 12.1 Å². The third-order valence-corrected chi connectivity index (χ3v) is 4.56. The molecule has 0 saturated carbocycles. The summed E-state index contributed by atoms with van der Waals surface area (Å²) >= 11 is 0. The van der Waals surface area contributed by atoms with Crippen LogP contribution >= 0.6 is 0 Å². The van der Waals surface area contributed by atoms with Gasteiger partial charge in [0, 0.05) is 25.2 Å². The molecule has 0 unspecified atom stereocenters. The fourth-order valence-electron chi connectivity index (χ4n) is 3.17. The van der Waals surface area contributed by atoms with E-state index in [1.54, 1.807) is 36.7 Å². The lowest BCUT2D eigenvalue weighted by Gasteiger charge is -2.12. The number of imidazole rings is 1. The van der Waals surface area contributed by atoms with Gasteiger partial charge >= 0.3 is 0 Å². The molecule has 8 nitrogen and oxygen atoms in total. The number of H-pyrrole nitrogens is 1. The fraction of sp³-hybridized carbons (Fsp3) is 0.158. The van der Waals surface area contributed by atoms with Crippen LogP contribution in [0.1, 0.15) is 0 Å². The number of hydrogen-bond acceptors (Lipinski definition) is 5. The van der Waals surface area contributed by atoms with Crippen molar-refractivity contribution in [3.05, 3.63) is 48.0 Å². The highest BCUT2D eigenvalue weighted by Crippen LogP contribution is 2.28. The summed E-state index contributed by atoms with van der Waals surface area (Å²) in [7, 11) is 4.97. The maximum absolute atomic E-state index is 8.73. The second-order valence-electron chi connectivity index (χ2n) is 6.12. The number of ether oxygens (including phenoxy) is 2. The number of nitrogens with one attached hydrogen (secondary N) is 2. The molecule has 8 heteroatoms. The molecule has 27 heavy (non-hydrogen) atoms. The number of aromatic nitrogens is 4. The minimum Gasteiger partial charge on any atom is -0.497 e. The Morgan fingerprint density at radius 3 is 2.37 bits per heavy atom. The predicted molar refractivity (Wildman–Crippen MR) is 103 cm³/mol. The molecule has 0 atom stereocenters. The van der Waals surface area contributed by atoms with Gasteiger partial charge in [0.05, 0.1) is 30.9 Å². The van der Waals surface area contributed by atoms with Crippen molar-refractivity contribution in [3.8, 4) is 28.6 Å². The Balaban J connectivity index is 1.95. The Morgan fingerprint density at radius 1 is 1.07 bits per heavy atom. The smallest absolute Gasteiger partial charge is 0.159 e. The second-order valence-corrected chi connectivity index (χ2v) is 6.12. The Kier molecular flexibility index (Phi) is 3.88. The van der Waals surface area contributed by atoms with Gasteiger partial charge in [-0.25, -0.2) is 9.67 Å². The van der Waals surface area contributed by atoms with Crippen LogP contribution in [0.5, 0.6) is 11.5 Å². The number of fused-ring (bicyclic) bond motifs is 1. The summed E-state index contributed by atoms with van der Waals surface area (Å²) in [6.45, 7) is 0. The summed E-state index contributed by atoms with van der Waals surface area (Å²) < 4.78 is 14.1.